The molecule has 0 saturated heterocycles. The first-order valence-electron chi connectivity index (χ1n) is 6.51. The van der Waals surface area contributed by atoms with Crippen LogP contribution in [0.3, 0.4) is 0 Å². The number of benzene rings is 1. The molecule has 6 heteroatoms. The lowest BCUT2D eigenvalue weighted by Crippen LogP contribution is -2.16. The Hall–Kier alpha value is -1.17. The van der Waals surface area contributed by atoms with Gasteiger partial charge < -0.3 is 10.6 Å². The average molecular weight is 354 g/mol. The van der Waals surface area contributed by atoms with Gasteiger partial charge in [-0.05, 0) is 48.8 Å². The fourth-order valence-corrected chi connectivity index (χ4v) is 2.74. The van der Waals surface area contributed by atoms with Gasteiger partial charge in [0.2, 0.25) is 5.28 Å². The summed E-state index contributed by atoms with van der Waals surface area (Å²) in [4.78, 5) is 8.71. The highest BCUT2D eigenvalue weighted by atomic mass is 79.9. The van der Waals surface area contributed by atoms with E-state index in [0.717, 1.165) is 53.2 Å². The second kappa shape index (κ2) is 6.08. The number of rotatable bonds is 2. The average Bonchev–Trinajstić information content (AvgIpc) is 2.66. The fraction of sp³-hybridized carbons (Fsp3) is 0.286. The van der Waals surface area contributed by atoms with Crippen molar-refractivity contribution in [2.45, 2.75) is 12.8 Å². The highest BCUT2D eigenvalue weighted by Gasteiger charge is 2.16. The third kappa shape index (κ3) is 3.11. The SMILES string of the molecule is Clc1nc2c(c(Nc3ccc(Br)cc3)n1)CCNCC2. The van der Waals surface area contributed by atoms with Gasteiger partial charge in [0.25, 0.3) is 0 Å². The molecule has 2 aromatic rings. The Morgan fingerprint density at radius 3 is 2.65 bits per heavy atom. The summed E-state index contributed by atoms with van der Waals surface area (Å²) in [5.74, 6) is 0.811. The van der Waals surface area contributed by atoms with E-state index in [2.05, 4.69) is 36.5 Å². The zero-order chi connectivity index (χ0) is 13.9. The molecule has 2 N–H and O–H groups in total. The van der Waals surface area contributed by atoms with Crippen molar-refractivity contribution < 1.29 is 0 Å². The number of nitrogens with one attached hydrogen (secondary N) is 2. The Morgan fingerprint density at radius 2 is 1.85 bits per heavy atom. The second-order valence-electron chi connectivity index (χ2n) is 4.65. The summed E-state index contributed by atoms with van der Waals surface area (Å²) in [5.41, 5.74) is 3.18. The number of fused-ring (bicyclic) bond motifs is 1. The fourth-order valence-electron chi connectivity index (χ4n) is 2.29. The number of aromatic nitrogens is 2. The molecule has 1 aromatic heterocycles. The van der Waals surface area contributed by atoms with E-state index >= 15 is 0 Å². The molecule has 0 saturated carbocycles. The lowest BCUT2D eigenvalue weighted by Gasteiger charge is -2.13. The molecule has 0 fully saturated rings. The number of nitrogens with zero attached hydrogens (tertiary/aromatic N) is 2. The highest BCUT2D eigenvalue weighted by Crippen LogP contribution is 2.25. The molecule has 1 aromatic carbocycles. The van der Waals surface area contributed by atoms with Crippen molar-refractivity contribution >= 4 is 39.0 Å². The molecule has 0 aliphatic carbocycles. The van der Waals surface area contributed by atoms with E-state index in [9.17, 15) is 0 Å². The molecular weight excluding hydrogens is 340 g/mol. The molecule has 4 nitrogen and oxygen atoms in total. The Bertz CT molecular complexity index is 615. The van der Waals surface area contributed by atoms with Crippen LogP contribution in [-0.4, -0.2) is 23.1 Å². The van der Waals surface area contributed by atoms with Crippen LogP contribution in [0.25, 0.3) is 0 Å². The summed E-state index contributed by atoms with van der Waals surface area (Å²) in [6.07, 6.45) is 1.79. The van der Waals surface area contributed by atoms with Gasteiger partial charge in [-0.2, -0.15) is 0 Å². The number of anilines is 2. The topological polar surface area (TPSA) is 49.8 Å². The van der Waals surface area contributed by atoms with Crippen LogP contribution in [0.2, 0.25) is 5.28 Å². The lowest BCUT2D eigenvalue weighted by atomic mass is 10.1. The Kier molecular flexibility index (Phi) is 4.19. The molecule has 1 aliphatic heterocycles. The highest BCUT2D eigenvalue weighted by molar-refractivity contribution is 9.10. The summed E-state index contributed by atoms with van der Waals surface area (Å²) in [6.45, 7) is 1.87. The minimum atomic E-state index is 0.297. The Morgan fingerprint density at radius 1 is 1.10 bits per heavy atom. The molecule has 0 amide bonds. The van der Waals surface area contributed by atoms with Crippen molar-refractivity contribution in [2.24, 2.45) is 0 Å². The summed E-state index contributed by atoms with van der Waals surface area (Å²) in [5, 5.41) is 7.01. The summed E-state index contributed by atoms with van der Waals surface area (Å²) in [7, 11) is 0. The predicted molar refractivity (Wildman–Crippen MR) is 84.7 cm³/mol. The molecular formula is C14H14BrClN4. The molecule has 0 unspecified atom stereocenters. The molecule has 0 radical (unpaired) electrons. The van der Waals surface area contributed by atoms with E-state index in [1.165, 1.54) is 0 Å². The van der Waals surface area contributed by atoms with Crippen LogP contribution in [0.1, 0.15) is 11.3 Å². The molecule has 2 heterocycles. The summed E-state index contributed by atoms with van der Waals surface area (Å²) < 4.78 is 1.05. The molecule has 1 aliphatic rings. The maximum atomic E-state index is 6.04. The Labute approximate surface area is 131 Å². The van der Waals surface area contributed by atoms with E-state index in [1.807, 2.05) is 24.3 Å². The van der Waals surface area contributed by atoms with Crippen LogP contribution < -0.4 is 10.6 Å². The van der Waals surface area contributed by atoms with Gasteiger partial charge in [-0.15, -0.1) is 0 Å². The van der Waals surface area contributed by atoms with Gasteiger partial charge in [-0.3, -0.25) is 0 Å². The Balaban J connectivity index is 1.96. The summed E-state index contributed by atoms with van der Waals surface area (Å²) >= 11 is 9.47. The van der Waals surface area contributed by atoms with Crippen molar-refractivity contribution in [3.63, 3.8) is 0 Å². The molecule has 0 bridgehead atoms. The lowest BCUT2D eigenvalue weighted by molar-refractivity contribution is 0.708. The van der Waals surface area contributed by atoms with Crippen LogP contribution in [0.4, 0.5) is 11.5 Å². The maximum absolute atomic E-state index is 6.04. The number of hydrogen-bond acceptors (Lipinski definition) is 4. The molecule has 104 valence electrons. The van der Waals surface area contributed by atoms with Crippen LogP contribution in [-0.2, 0) is 12.8 Å². The van der Waals surface area contributed by atoms with E-state index in [1.54, 1.807) is 0 Å². The standard InChI is InChI=1S/C14H14BrClN4/c15-9-1-3-10(4-2-9)18-13-11-5-7-17-8-6-12(11)19-14(16)20-13/h1-4,17H,5-8H2,(H,18,19,20). The van der Waals surface area contributed by atoms with Gasteiger partial charge >= 0.3 is 0 Å². The van der Waals surface area contributed by atoms with Crippen molar-refractivity contribution in [3.05, 3.63) is 45.3 Å². The second-order valence-corrected chi connectivity index (χ2v) is 5.90. The molecule has 20 heavy (non-hydrogen) atoms. The first-order valence-corrected chi connectivity index (χ1v) is 7.68. The van der Waals surface area contributed by atoms with Gasteiger partial charge in [0, 0.05) is 28.7 Å². The van der Waals surface area contributed by atoms with Crippen LogP contribution in [0.5, 0.6) is 0 Å². The van der Waals surface area contributed by atoms with Gasteiger partial charge in [-0.25, -0.2) is 9.97 Å². The number of halogens is 2. The van der Waals surface area contributed by atoms with Crippen molar-refractivity contribution in [1.82, 2.24) is 15.3 Å². The normalized spacial score (nSPS) is 14.5. The van der Waals surface area contributed by atoms with E-state index in [4.69, 9.17) is 11.6 Å². The van der Waals surface area contributed by atoms with Gasteiger partial charge in [0.05, 0.1) is 5.69 Å². The molecule has 0 atom stereocenters. The van der Waals surface area contributed by atoms with Crippen molar-refractivity contribution in [3.8, 4) is 0 Å². The van der Waals surface area contributed by atoms with E-state index < -0.39 is 0 Å². The summed E-state index contributed by atoms with van der Waals surface area (Å²) in [6, 6.07) is 7.99. The van der Waals surface area contributed by atoms with E-state index in [0.29, 0.717) is 5.28 Å². The first kappa shape index (κ1) is 13.8. The smallest absolute Gasteiger partial charge is 0.224 e. The zero-order valence-electron chi connectivity index (χ0n) is 10.8. The van der Waals surface area contributed by atoms with Crippen LogP contribution in [0.15, 0.2) is 28.7 Å². The van der Waals surface area contributed by atoms with Crippen molar-refractivity contribution in [2.75, 3.05) is 18.4 Å². The minimum absolute atomic E-state index is 0.297. The number of hydrogen-bond donors (Lipinski definition) is 2. The van der Waals surface area contributed by atoms with Crippen LogP contribution in [0, 0.1) is 0 Å². The third-order valence-corrected chi connectivity index (χ3v) is 3.96. The third-order valence-electron chi connectivity index (χ3n) is 3.26. The van der Waals surface area contributed by atoms with Gasteiger partial charge in [-0.1, -0.05) is 15.9 Å². The monoisotopic (exact) mass is 352 g/mol. The van der Waals surface area contributed by atoms with Gasteiger partial charge in [0.1, 0.15) is 5.82 Å². The minimum Gasteiger partial charge on any atom is -0.340 e. The first-order chi connectivity index (χ1) is 9.72. The largest absolute Gasteiger partial charge is 0.340 e. The molecule has 3 rings (SSSR count). The quantitative estimate of drug-likeness (QED) is 0.813. The molecule has 0 spiro atoms. The zero-order valence-corrected chi connectivity index (χ0v) is 13.1. The van der Waals surface area contributed by atoms with Crippen LogP contribution >= 0.6 is 27.5 Å². The predicted octanol–water partition coefficient (Wildman–Crippen LogP) is 3.32. The van der Waals surface area contributed by atoms with Gasteiger partial charge in [0.15, 0.2) is 0 Å². The van der Waals surface area contributed by atoms with Crippen molar-refractivity contribution in [1.29, 1.82) is 0 Å². The van der Waals surface area contributed by atoms with E-state index in [-0.39, 0.29) is 0 Å². The maximum Gasteiger partial charge on any atom is 0.224 e.